The van der Waals surface area contributed by atoms with Gasteiger partial charge in [-0.05, 0) is 49.9 Å². The monoisotopic (exact) mass is 324 g/mol. The van der Waals surface area contributed by atoms with Crippen LogP contribution in [0.5, 0.6) is 0 Å². The molecule has 0 radical (unpaired) electrons. The van der Waals surface area contributed by atoms with Gasteiger partial charge in [0.1, 0.15) is 0 Å². The van der Waals surface area contributed by atoms with Gasteiger partial charge >= 0.3 is 0 Å². The van der Waals surface area contributed by atoms with Crippen LogP contribution in [0.1, 0.15) is 32.6 Å². The van der Waals surface area contributed by atoms with Crippen LogP contribution in [-0.2, 0) is 10.0 Å². The summed E-state index contributed by atoms with van der Waals surface area (Å²) in [6, 6.07) is 2.10. The fraction of sp³-hybridized carbons (Fsp3) is 0.562. The van der Waals surface area contributed by atoms with E-state index in [4.69, 9.17) is 0 Å². The lowest BCUT2D eigenvalue weighted by Gasteiger charge is -2.34. The van der Waals surface area contributed by atoms with Gasteiger partial charge in [0.05, 0.1) is 6.26 Å². The summed E-state index contributed by atoms with van der Waals surface area (Å²) >= 11 is 0. The molecule has 5 nitrogen and oxygen atoms in total. The number of aryl methyl sites for hydroxylation is 2. The molecule has 0 saturated carbocycles. The van der Waals surface area contributed by atoms with Crippen molar-refractivity contribution in [2.45, 2.75) is 27.7 Å². The van der Waals surface area contributed by atoms with Crippen LogP contribution in [0.4, 0.5) is 0 Å². The molecule has 1 aromatic carbocycles. The molecule has 1 aliphatic rings. The van der Waals surface area contributed by atoms with Crippen molar-refractivity contribution in [3.05, 3.63) is 33.9 Å². The molecule has 0 atom stereocenters. The molecular weight excluding hydrogens is 300 g/mol. The van der Waals surface area contributed by atoms with Crippen LogP contribution in [0.2, 0.25) is 0 Å². The molecular formula is C16H24N2O3S. The van der Waals surface area contributed by atoms with Crippen molar-refractivity contribution >= 4 is 15.9 Å². The third kappa shape index (κ3) is 3.17. The first-order valence-electron chi connectivity index (χ1n) is 7.44. The minimum atomic E-state index is -3.17. The minimum absolute atomic E-state index is 0.00921. The number of carbonyl (C=O) groups excluding carboxylic acids is 1. The molecule has 0 spiro atoms. The molecule has 1 aliphatic heterocycles. The van der Waals surface area contributed by atoms with Crippen LogP contribution in [0.3, 0.4) is 0 Å². The lowest BCUT2D eigenvalue weighted by atomic mass is 9.93. The molecule has 122 valence electrons. The van der Waals surface area contributed by atoms with Crippen molar-refractivity contribution in [2.24, 2.45) is 0 Å². The lowest BCUT2D eigenvalue weighted by molar-refractivity contribution is 0.0696. The Labute approximate surface area is 133 Å². The average molecular weight is 324 g/mol. The van der Waals surface area contributed by atoms with Crippen molar-refractivity contribution < 1.29 is 13.2 Å². The molecule has 2 rings (SSSR count). The Bertz CT molecular complexity index is 676. The van der Waals surface area contributed by atoms with Gasteiger partial charge in [0.15, 0.2) is 0 Å². The normalized spacial score (nSPS) is 16.9. The predicted octanol–water partition coefficient (Wildman–Crippen LogP) is 1.64. The Morgan fingerprint density at radius 2 is 1.41 bits per heavy atom. The van der Waals surface area contributed by atoms with E-state index in [-0.39, 0.29) is 5.91 Å². The Morgan fingerprint density at radius 3 is 1.82 bits per heavy atom. The van der Waals surface area contributed by atoms with Crippen LogP contribution in [-0.4, -0.2) is 56.0 Å². The summed E-state index contributed by atoms with van der Waals surface area (Å²) in [5.74, 6) is 0.00921. The summed E-state index contributed by atoms with van der Waals surface area (Å²) in [4.78, 5) is 14.6. The summed E-state index contributed by atoms with van der Waals surface area (Å²) in [6.45, 7) is 9.60. The van der Waals surface area contributed by atoms with E-state index in [0.29, 0.717) is 26.2 Å². The second-order valence-electron chi connectivity index (χ2n) is 6.09. The SMILES string of the molecule is Cc1cc(C)c(C)c(C(=O)N2CCN(S(C)(=O)=O)CC2)c1C. The average Bonchev–Trinajstić information content (AvgIpc) is 2.44. The van der Waals surface area contributed by atoms with Gasteiger partial charge in [0, 0.05) is 31.7 Å². The number of rotatable bonds is 2. The topological polar surface area (TPSA) is 57.7 Å². The molecule has 0 N–H and O–H groups in total. The van der Waals surface area contributed by atoms with Gasteiger partial charge in [0.25, 0.3) is 5.91 Å². The summed E-state index contributed by atoms with van der Waals surface area (Å²) in [5.41, 5.74) is 5.02. The van der Waals surface area contributed by atoms with Crippen molar-refractivity contribution in [1.29, 1.82) is 0 Å². The first-order valence-corrected chi connectivity index (χ1v) is 9.29. The number of piperazine rings is 1. The molecule has 1 heterocycles. The second-order valence-corrected chi connectivity index (χ2v) is 8.07. The van der Waals surface area contributed by atoms with E-state index in [9.17, 15) is 13.2 Å². The fourth-order valence-electron chi connectivity index (χ4n) is 2.92. The zero-order chi connectivity index (χ0) is 16.7. The molecule has 1 fully saturated rings. The summed E-state index contributed by atoms with van der Waals surface area (Å²) in [7, 11) is -3.17. The maximum Gasteiger partial charge on any atom is 0.254 e. The quantitative estimate of drug-likeness (QED) is 0.831. The number of hydrogen-bond donors (Lipinski definition) is 0. The number of carbonyl (C=O) groups is 1. The highest BCUT2D eigenvalue weighted by atomic mass is 32.2. The molecule has 6 heteroatoms. The molecule has 1 amide bonds. The first-order chi connectivity index (χ1) is 10.1. The minimum Gasteiger partial charge on any atom is -0.336 e. The van der Waals surface area contributed by atoms with Crippen LogP contribution in [0, 0.1) is 27.7 Å². The highest BCUT2D eigenvalue weighted by molar-refractivity contribution is 7.88. The summed E-state index contributed by atoms with van der Waals surface area (Å²) < 4.78 is 24.5. The van der Waals surface area contributed by atoms with Crippen LogP contribution >= 0.6 is 0 Å². The van der Waals surface area contributed by atoms with E-state index in [1.165, 1.54) is 10.6 Å². The van der Waals surface area contributed by atoms with Crippen molar-refractivity contribution in [1.82, 2.24) is 9.21 Å². The van der Waals surface area contributed by atoms with E-state index in [1.54, 1.807) is 4.90 Å². The third-order valence-corrected chi connectivity index (χ3v) is 5.88. The second kappa shape index (κ2) is 6.01. The number of sulfonamides is 1. The molecule has 0 aliphatic carbocycles. The van der Waals surface area contributed by atoms with Gasteiger partial charge in [-0.2, -0.15) is 4.31 Å². The smallest absolute Gasteiger partial charge is 0.254 e. The van der Waals surface area contributed by atoms with Crippen LogP contribution in [0.15, 0.2) is 6.07 Å². The van der Waals surface area contributed by atoms with Crippen molar-refractivity contribution in [3.8, 4) is 0 Å². The number of nitrogens with zero attached hydrogens (tertiary/aromatic N) is 2. The Kier molecular flexibility index (Phi) is 4.63. The molecule has 1 saturated heterocycles. The van der Waals surface area contributed by atoms with Crippen LogP contribution < -0.4 is 0 Å². The number of benzene rings is 1. The first kappa shape index (κ1) is 17.0. The molecule has 0 unspecified atom stereocenters. The zero-order valence-corrected chi connectivity index (χ0v) is 14.7. The maximum atomic E-state index is 12.9. The van der Waals surface area contributed by atoms with E-state index in [2.05, 4.69) is 6.07 Å². The van der Waals surface area contributed by atoms with Crippen molar-refractivity contribution in [2.75, 3.05) is 32.4 Å². The zero-order valence-electron chi connectivity index (χ0n) is 13.9. The molecule has 1 aromatic rings. The Hall–Kier alpha value is -1.40. The predicted molar refractivity (Wildman–Crippen MR) is 87.7 cm³/mol. The Balaban J connectivity index is 2.25. The van der Waals surface area contributed by atoms with Gasteiger partial charge in [-0.25, -0.2) is 8.42 Å². The van der Waals surface area contributed by atoms with Gasteiger partial charge < -0.3 is 4.90 Å². The number of amides is 1. The molecule has 0 bridgehead atoms. The van der Waals surface area contributed by atoms with Gasteiger partial charge in [-0.3, -0.25) is 4.79 Å². The molecule has 0 aromatic heterocycles. The van der Waals surface area contributed by atoms with E-state index in [0.717, 1.165) is 27.8 Å². The van der Waals surface area contributed by atoms with Gasteiger partial charge in [-0.1, -0.05) is 6.07 Å². The highest BCUT2D eigenvalue weighted by Crippen LogP contribution is 2.23. The van der Waals surface area contributed by atoms with E-state index >= 15 is 0 Å². The lowest BCUT2D eigenvalue weighted by Crippen LogP contribution is -2.50. The van der Waals surface area contributed by atoms with Crippen LogP contribution in [0.25, 0.3) is 0 Å². The number of hydrogen-bond acceptors (Lipinski definition) is 3. The summed E-state index contributed by atoms with van der Waals surface area (Å²) in [6.07, 6.45) is 1.21. The Morgan fingerprint density at radius 1 is 0.955 bits per heavy atom. The van der Waals surface area contributed by atoms with E-state index in [1.807, 2.05) is 27.7 Å². The highest BCUT2D eigenvalue weighted by Gasteiger charge is 2.28. The van der Waals surface area contributed by atoms with E-state index < -0.39 is 10.0 Å². The standard InChI is InChI=1S/C16H24N2O3S/c1-11-10-12(2)14(4)15(13(11)3)16(19)17-6-8-18(9-7-17)22(5,20)21/h10H,6-9H2,1-5H3. The molecule has 22 heavy (non-hydrogen) atoms. The summed E-state index contributed by atoms with van der Waals surface area (Å²) in [5, 5.41) is 0. The third-order valence-electron chi connectivity index (χ3n) is 4.57. The maximum absolute atomic E-state index is 12.9. The fourth-order valence-corrected chi connectivity index (χ4v) is 3.75. The van der Waals surface area contributed by atoms with Gasteiger partial charge in [-0.15, -0.1) is 0 Å². The largest absolute Gasteiger partial charge is 0.336 e. The van der Waals surface area contributed by atoms with Crippen molar-refractivity contribution in [3.63, 3.8) is 0 Å². The van der Waals surface area contributed by atoms with Gasteiger partial charge in [0.2, 0.25) is 10.0 Å².